The van der Waals surface area contributed by atoms with Crippen LogP contribution in [-0.2, 0) is 125 Å². The van der Waals surface area contributed by atoms with Gasteiger partial charge in [-0.25, -0.2) is 9.59 Å². The summed E-state index contributed by atoms with van der Waals surface area (Å²) in [6.07, 6.45) is -4.28. The molecule has 1 saturated heterocycles. The molecule has 23 N–H and O–H groups in total. The molecule has 45 nitrogen and oxygen atoms in total. The fourth-order valence-electron chi connectivity index (χ4n) is 14.0. The van der Waals surface area contributed by atoms with Gasteiger partial charge in [0.25, 0.3) is 0 Å². The zero-order valence-electron chi connectivity index (χ0n) is 74.2. The third-order valence-electron chi connectivity index (χ3n) is 21.3. The number of thioether (sulfide) groups is 1. The van der Waals surface area contributed by atoms with Gasteiger partial charge in [0.15, 0.2) is 11.6 Å². The minimum absolute atomic E-state index is 0.0121. The van der Waals surface area contributed by atoms with Crippen molar-refractivity contribution in [1.82, 2.24) is 68.5 Å². The molecule has 1 fully saturated rings. The van der Waals surface area contributed by atoms with E-state index in [4.69, 9.17) is 65.0 Å². The highest BCUT2D eigenvalue weighted by Gasteiger charge is 2.46. The molecule has 130 heavy (non-hydrogen) atoms. The number of hydroxylamine groups is 1. The van der Waals surface area contributed by atoms with Gasteiger partial charge in [-0.15, -0.1) is 0 Å². The number of nitrogens with one attached hydrogen (secondary N) is 13. The lowest BCUT2D eigenvalue weighted by atomic mass is 9.85. The number of urea groups is 1. The van der Waals surface area contributed by atoms with Crippen molar-refractivity contribution in [3.05, 3.63) is 65.0 Å². The highest BCUT2D eigenvalue weighted by molar-refractivity contribution is 7.98. The van der Waals surface area contributed by atoms with Gasteiger partial charge < -0.3 is 149 Å². The lowest BCUT2D eigenvalue weighted by Gasteiger charge is -2.32. The van der Waals surface area contributed by atoms with E-state index >= 15 is 9.00 Å². The number of aromatic amines is 1. The third-order valence-corrected chi connectivity index (χ3v) is 23.7. The second kappa shape index (κ2) is 58.5. The van der Waals surface area contributed by atoms with E-state index in [9.17, 15) is 77.6 Å². The minimum Gasteiger partial charge on any atom is -0.496 e. The number of aromatic nitrogens is 1. The number of ether oxygens (including phenoxy) is 9. The standard InChI is InChI=1S/C83H129N17O28S2/c1-7-49(4)58-35-55(102)40-89-74(109)52-33-59-57-14-15-67(120-6)60(73(57)99-80(59)130(119)47-63(94-69(107)41-90-75(58)110)77(112)96-62(37-68(85)106)81(115)100-43-56(103)36-64(100)78(113)98-72(65(104)34-52)50(5)66(105)44-101)46-129-32-31-127-30-29-126-28-27-125-26-25-124-24-23-123-22-21-122-20-19-121-18-17-87-38-53(84)39-91-83(117)128-45-51-10-12-54(13-11-51)93-76(111)61(9-8-16-88-82(86)116)95-79(114)71(48(2)3)97-70(108)42-92-118/h10-15,38,48-50,52,56,58,61-64,66,71-72,87,92,99,101,103,105,118H,7-9,16-37,39-47,84H2,1-6H3,(H2,85,106)(H,89,109)(H,90,110)(H,91,117)(H,93,111)(H,94,107)(H,95,114)(H,96,112)(H,97,108)(H,98,113)(H3,86,88,116)/b53-38-/t49-,50-,52+,56+,58-,61-,62-,63-,64-,66-,71-,72-,130?/m0/s1. The molecule has 4 heterocycles. The monoisotopic (exact) mass is 1880 g/mol. The van der Waals surface area contributed by atoms with Crippen LogP contribution in [0.15, 0.2) is 53.3 Å². The van der Waals surface area contributed by atoms with E-state index in [0.717, 1.165) is 4.90 Å². The Labute approximate surface area is 759 Å². The Kier molecular flexibility index (Phi) is 48.8. The van der Waals surface area contributed by atoms with Crippen LogP contribution in [0.2, 0.25) is 0 Å². The number of rotatable bonds is 51. The van der Waals surface area contributed by atoms with Crippen molar-refractivity contribution in [1.29, 1.82) is 0 Å². The van der Waals surface area contributed by atoms with Crippen LogP contribution in [0.3, 0.4) is 0 Å². The molecule has 3 aromatic rings. The topological polar surface area (TPSA) is 661 Å². The zero-order chi connectivity index (χ0) is 95.2. The van der Waals surface area contributed by atoms with Gasteiger partial charge in [-0.2, -0.15) is 17.2 Å². The molecule has 0 saturated carbocycles. The number of primary amides is 2. The Balaban J connectivity index is 0.898. The van der Waals surface area contributed by atoms with Crippen molar-refractivity contribution in [3.63, 3.8) is 0 Å². The van der Waals surface area contributed by atoms with Crippen molar-refractivity contribution in [2.45, 2.75) is 152 Å². The first-order chi connectivity index (χ1) is 62.3. The number of amides is 13. The van der Waals surface area contributed by atoms with E-state index < -0.39 is 236 Å². The highest BCUT2D eigenvalue weighted by atomic mass is 32.2. The van der Waals surface area contributed by atoms with Gasteiger partial charge >= 0.3 is 12.1 Å². The van der Waals surface area contributed by atoms with E-state index in [2.05, 4.69) is 63.5 Å². The average Bonchev–Trinajstić information content (AvgIpc) is 1.61. The summed E-state index contributed by atoms with van der Waals surface area (Å²) in [5, 5.41) is 69.9. The van der Waals surface area contributed by atoms with E-state index in [1.807, 2.05) is 0 Å². The SMILES string of the molecule is CC[C@H](C)[C@@H]1CC(=O)CNC(=O)[C@H]2CC(=O)[C@H]([C@@H](C)[C@@H](O)CO)NC(=O)[C@@H]3C[C@@H](O)CN3C(=O)[C@H](CC(N)=O)NC(=O)[C@H](CS(=O)c3[nH]c4c(CSCCOCCOCCOCCOCCOCCOCCOCCN/C=C(\N)CNC(=O)OCc5ccc(NC(=O)[C@H](CCCNC(N)=O)NC(=O)[C@@H](NC(=O)CNO)C(C)C)cc5)c(OC)ccc4c3C2)NC(=O)CNC1=O. The molecule has 0 aliphatic carbocycles. The van der Waals surface area contributed by atoms with E-state index in [1.165, 1.54) is 32.0 Å². The lowest BCUT2D eigenvalue weighted by Crippen LogP contribution is -2.60. The normalized spacial score (nSPS) is 20.5. The number of methoxy groups -OCH3 is 1. The number of aliphatic hydroxyl groups excluding tert-OH is 3. The highest BCUT2D eigenvalue weighted by Crippen LogP contribution is 2.38. The largest absolute Gasteiger partial charge is 0.496 e. The summed E-state index contributed by atoms with van der Waals surface area (Å²) in [4.78, 5) is 195. The molecule has 0 spiro atoms. The summed E-state index contributed by atoms with van der Waals surface area (Å²) in [6.45, 7) is 9.88. The first-order valence-electron chi connectivity index (χ1n) is 43.0. The molecule has 0 radical (unpaired) electrons. The number of carbonyl (C=O) groups excluding carboxylic acids is 14. The summed E-state index contributed by atoms with van der Waals surface area (Å²) in [5.74, 6) is -14.6. The number of alkyl carbamates (subject to hydrolysis) is 1. The molecule has 2 aromatic carbocycles. The number of nitrogens with zero attached hydrogens (tertiary/aromatic N) is 1. The zero-order valence-corrected chi connectivity index (χ0v) is 75.8. The van der Waals surface area contributed by atoms with Crippen molar-refractivity contribution in [3.8, 4) is 5.75 Å². The van der Waals surface area contributed by atoms with Crippen LogP contribution in [0.1, 0.15) is 96.3 Å². The number of fused-ring (bicyclic) bond motifs is 5. The number of aliphatic hydroxyl groups is 3. The second-order valence-corrected chi connectivity index (χ2v) is 34.0. The van der Waals surface area contributed by atoms with Gasteiger partial charge in [0, 0.05) is 96.7 Å². The van der Waals surface area contributed by atoms with Crippen LogP contribution >= 0.6 is 11.8 Å². The van der Waals surface area contributed by atoms with Gasteiger partial charge in [-0.3, -0.25) is 61.7 Å². The lowest BCUT2D eigenvalue weighted by molar-refractivity contribution is -0.144. The molecular formula is C83H129N17O28S2. The van der Waals surface area contributed by atoms with Crippen LogP contribution in [0.25, 0.3) is 10.9 Å². The molecule has 2 bridgehead atoms. The maximum absolute atomic E-state index is 15.4. The predicted octanol–water partition coefficient (Wildman–Crippen LogP) is -3.78. The Morgan fingerprint density at radius 2 is 1.35 bits per heavy atom. The Morgan fingerprint density at radius 1 is 0.715 bits per heavy atom. The van der Waals surface area contributed by atoms with Crippen LogP contribution in [0.5, 0.6) is 5.75 Å². The summed E-state index contributed by atoms with van der Waals surface area (Å²) in [6, 6.07) is -0.169. The Hall–Kier alpha value is -10.3. The molecule has 47 heteroatoms. The van der Waals surface area contributed by atoms with Crippen molar-refractivity contribution in [2.75, 3.05) is 169 Å². The van der Waals surface area contributed by atoms with E-state index in [0.29, 0.717) is 131 Å². The number of carbonyl (C=O) groups is 14. The Morgan fingerprint density at radius 3 is 1.95 bits per heavy atom. The van der Waals surface area contributed by atoms with Crippen LogP contribution in [0, 0.1) is 29.6 Å². The fourth-order valence-corrected chi connectivity index (χ4v) is 16.2. The number of hydrogen-bond acceptors (Lipinski definition) is 32. The molecular weight excluding hydrogens is 1750 g/mol. The summed E-state index contributed by atoms with van der Waals surface area (Å²) >= 11 is 1.44. The molecule has 6 rings (SSSR count). The summed E-state index contributed by atoms with van der Waals surface area (Å²) in [5.41, 5.74) is 20.9. The number of hydrogen-bond donors (Lipinski definition) is 20. The molecule has 1 unspecified atom stereocenters. The van der Waals surface area contributed by atoms with Gasteiger partial charge in [0.1, 0.15) is 47.6 Å². The number of ketones is 2. The average molecular weight is 1880 g/mol. The predicted molar refractivity (Wildman–Crippen MR) is 470 cm³/mol. The summed E-state index contributed by atoms with van der Waals surface area (Å²) < 4.78 is 66.1. The number of Topliss-reactive ketones (excluding diaryl/α,β-unsaturated/α-hetero) is 2. The number of anilines is 1. The fraction of sp³-hybridized carbons (Fsp3) is 0.639. The first kappa shape index (κ1) is 108. The quantitative estimate of drug-likeness (QED) is 0.0190. The van der Waals surface area contributed by atoms with Gasteiger partial charge in [-0.1, -0.05) is 53.2 Å². The molecule has 3 aliphatic heterocycles. The van der Waals surface area contributed by atoms with Crippen LogP contribution in [0.4, 0.5) is 15.3 Å². The maximum atomic E-state index is 15.4. The van der Waals surface area contributed by atoms with Crippen LogP contribution in [-0.4, -0.2) is 329 Å². The Bertz CT molecular complexity index is 4260. The second-order valence-electron chi connectivity index (χ2n) is 31.4. The third kappa shape index (κ3) is 37.5. The van der Waals surface area contributed by atoms with E-state index in [1.54, 1.807) is 69.6 Å². The molecule has 726 valence electrons. The smallest absolute Gasteiger partial charge is 0.407 e. The number of nitrogens with two attached hydrogens (primary N) is 3. The molecule has 1 aromatic heterocycles. The number of H-pyrrole nitrogens is 1. The van der Waals surface area contributed by atoms with Crippen molar-refractivity contribution < 1.29 is 134 Å². The molecule has 13 atom stereocenters. The van der Waals surface area contributed by atoms with Gasteiger partial charge in [-0.05, 0) is 66.5 Å². The van der Waals surface area contributed by atoms with Crippen molar-refractivity contribution >= 4 is 122 Å². The van der Waals surface area contributed by atoms with Crippen molar-refractivity contribution in [2.24, 2.45) is 46.8 Å². The van der Waals surface area contributed by atoms with Gasteiger partial charge in [0.05, 0.1) is 179 Å². The minimum atomic E-state index is -2.43. The van der Waals surface area contributed by atoms with Gasteiger partial charge in [0.2, 0.25) is 59.1 Å². The molecule has 3 aliphatic rings. The van der Waals surface area contributed by atoms with E-state index in [-0.39, 0.29) is 74.6 Å². The van der Waals surface area contributed by atoms with Crippen LogP contribution < -0.4 is 85.9 Å². The maximum Gasteiger partial charge on any atom is 0.407 e. The first-order valence-corrected chi connectivity index (χ1v) is 45.5. The molecule has 13 amide bonds. The summed E-state index contributed by atoms with van der Waals surface area (Å²) in [7, 11) is -0.988. The number of benzene rings is 2.